The topological polar surface area (TPSA) is 98.7 Å². The molecule has 1 aromatic heterocycles. The number of piperidine rings is 1. The largest absolute Gasteiger partial charge is 0.490 e. The number of carbonyl (C=O) groups excluding carboxylic acids is 1. The summed E-state index contributed by atoms with van der Waals surface area (Å²) in [6.07, 6.45) is 4.34. The maximum absolute atomic E-state index is 12.7. The lowest BCUT2D eigenvalue weighted by Gasteiger charge is -2.27. The van der Waals surface area contributed by atoms with Crippen molar-refractivity contribution in [1.29, 1.82) is 0 Å². The van der Waals surface area contributed by atoms with Crippen LogP contribution < -0.4 is 5.32 Å². The zero-order valence-corrected chi connectivity index (χ0v) is 21.9. The summed E-state index contributed by atoms with van der Waals surface area (Å²) in [5.74, 6) is -2.24. The number of carbonyl (C=O) groups is 2. The number of aliphatic carboxylic acids is 1. The Morgan fingerprint density at radius 1 is 1.11 bits per heavy atom. The number of hydrogen-bond acceptors (Lipinski definition) is 6. The number of nitrogens with one attached hydrogen (secondary N) is 1. The van der Waals surface area contributed by atoms with Crippen LogP contribution in [0, 0.1) is 5.92 Å². The van der Waals surface area contributed by atoms with Crippen molar-refractivity contribution in [3.8, 4) is 11.3 Å². The Hall–Kier alpha value is -3.05. The van der Waals surface area contributed by atoms with E-state index in [-0.39, 0.29) is 5.91 Å². The minimum absolute atomic E-state index is 0.0518. The molecule has 0 radical (unpaired) electrons. The van der Waals surface area contributed by atoms with Crippen molar-refractivity contribution < 1.29 is 27.9 Å². The molecule has 2 aliphatic heterocycles. The lowest BCUT2D eigenvalue weighted by Crippen LogP contribution is -2.37. The number of aromatic nitrogens is 2. The molecule has 1 atom stereocenters. The number of benzene rings is 1. The van der Waals surface area contributed by atoms with Crippen molar-refractivity contribution in [2.75, 3.05) is 33.2 Å². The number of amides is 1. The van der Waals surface area contributed by atoms with Crippen LogP contribution in [0.25, 0.3) is 11.3 Å². The van der Waals surface area contributed by atoms with Gasteiger partial charge in [0.25, 0.3) is 5.91 Å². The normalized spacial score (nSPS) is 18.5. The zero-order valence-electron chi connectivity index (χ0n) is 21.9. The average molecular weight is 536 g/mol. The molecule has 38 heavy (non-hydrogen) atoms. The standard InChI is InChI=1S/C25H35N5O.C2HF3O2/c1-3-22-5-4-14-30(22)18-19-6-8-21(9-7-19)23-15-28-24(16-27-23)25(31)29(2)17-20-10-12-26-13-11-20;3-2(4,5)1(6)7/h6-9,15-16,20,22,26H,3-5,10-14,17-18H2,1-2H3;(H,6,7). The van der Waals surface area contributed by atoms with Crippen LogP contribution in [0.2, 0.25) is 0 Å². The Labute approximate surface area is 221 Å². The predicted molar refractivity (Wildman–Crippen MR) is 137 cm³/mol. The summed E-state index contributed by atoms with van der Waals surface area (Å²) in [5.41, 5.74) is 3.59. The van der Waals surface area contributed by atoms with Gasteiger partial charge in [0.2, 0.25) is 0 Å². The Morgan fingerprint density at radius 2 is 1.76 bits per heavy atom. The van der Waals surface area contributed by atoms with Gasteiger partial charge in [-0.15, -0.1) is 0 Å². The van der Waals surface area contributed by atoms with Crippen molar-refractivity contribution in [2.24, 2.45) is 5.92 Å². The fourth-order valence-electron chi connectivity index (χ4n) is 4.90. The fraction of sp³-hybridized carbons (Fsp3) is 0.556. The molecule has 1 aromatic carbocycles. The molecule has 0 bridgehead atoms. The first-order valence-electron chi connectivity index (χ1n) is 13.0. The van der Waals surface area contributed by atoms with E-state index in [1.165, 1.54) is 31.4 Å². The van der Waals surface area contributed by atoms with Gasteiger partial charge in [0, 0.05) is 31.7 Å². The van der Waals surface area contributed by atoms with Crippen molar-refractivity contribution in [1.82, 2.24) is 25.1 Å². The van der Waals surface area contributed by atoms with Gasteiger partial charge < -0.3 is 15.3 Å². The van der Waals surface area contributed by atoms with Crippen molar-refractivity contribution in [2.45, 2.75) is 57.8 Å². The Balaban J connectivity index is 0.000000505. The van der Waals surface area contributed by atoms with E-state index in [1.54, 1.807) is 17.3 Å². The molecule has 11 heteroatoms. The third-order valence-electron chi connectivity index (χ3n) is 7.06. The van der Waals surface area contributed by atoms with Crippen molar-refractivity contribution in [3.05, 3.63) is 47.9 Å². The number of halogens is 3. The Kier molecular flexibility index (Phi) is 10.6. The molecule has 8 nitrogen and oxygen atoms in total. The number of alkyl halides is 3. The lowest BCUT2D eigenvalue weighted by atomic mass is 9.97. The van der Waals surface area contributed by atoms with Crippen LogP contribution >= 0.6 is 0 Å². The zero-order chi connectivity index (χ0) is 27.7. The van der Waals surface area contributed by atoms with Crippen LogP contribution in [-0.2, 0) is 11.3 Å². The number of carboxylic acid groups (broad SMARTS) is 1. The number of likely N-dealkylation sites (tertiary alicyclic amines) is 1. The highest BCUT2D eigenvalue weighted by atomic mass is 19.4. The van der Waals surface area contributed by atoms with E-state index >= 15 is 0 Å². The molecule has 1 unspecified atom stereocenters. The summed E-state index contributed by atoms with van der Waals surface area (Å²) >= 11 is 0. The van der Waals surface area contributed by atoms with Crippen LogP contribution in [0.4, 0.5) is 13.2 Å². The maximum atomic E-state index is 12.7. The minimum Gasteiger partial charge on any atom is -0.475 e. The summed E-state index contributed by atoms with van der Waals surface area (Å²) in [7, 11) is 1.86. The summed E-state index contributed by atoms with van der Waals surface area (Å²) in [4.78, 5) is 35.0. The van der Waals surface area contributed by atoms with Gasteiger partial charge in [-0.3, -0.25) is 14.7 Å². The van der Waals surface area contributed by atoms with Gasteiger partial charge >= 0.3 is 12.1 Å². The van der Waals surface area contributed by atoms with Crippen molar-refractivity contribution >= 4 is 11.9 Å². The van der Waals surface area contributed by atoms with Gasteiger partial charge in [-0.1, -0.05) is 31.2 Å². The molecule has 2 N–H and O–H groups in total. The number of rotatable bonds is 7. The van der Waals surface area contributed by atoms with E-state index in [2.05, 4.69) is 51.4 Å². The average Bonchev–Trinajstić information content (AvgIpc) is 3.36. The van der Waals surface area contributed by atoms with Crippen LogP contribution in [0.3, 0.4) is 0 Å². The molecular weight excluding hydrogens is 499 g/mol. The smallest absolute Gasteiger partial charge is 0.475 e. The predicted octanol–water partition coefficient (Wildman–Crippen LogP) is 4.22. The first kappa shape index (κ1) is 29.5. The van der Waals surface area contributed by atoms with Crippen LogP contribution in [-0.4, -0.2) is 82.2 Å². The molecule has 0 spiro atoms. The number of hydrogen-bond donors (Lipinski definition) is 2. The second-order valence-corrected chi connectivity index (χ2v) is 9.84. The highest BCUT2D eigenvalue weighted by molar-refractivity contribution is 5.92. The van der Waals surface area contributed by atoms with E-state index in [4.69, 9.17) is 9.90 Å². The second-order valence-electron chi connectivity index (χ2n) is 9.84. The molecule has 0 saturated carbocycles. The van der Waals surface area contributed by atoms with Crippen molar-refractivity contribution in [3.63, 3.8) is 0 Å². The molecule has 2 aromatic rings. The quantitative estimate of drug-likeness (QED) is 0.548. The third kappa shape index (κ3) is 8.49. The summed E-state index contributed by atoms with van der Waals surface area (Å²) in [6.45, 7) is 7.36. The number of nitrogens with zero attached hydrogens (tertiary/aromatic N) is 4. The van der Waals surface area contributed by atoms with E-state index in [0.717, 1.165) is 56.3 Å². The van der Waals surface area contributed by atoms with Gasteiger partial charge in [0.1, 0.15) is 5.69 Å². The van der Waals surface area contributed by atoms with E-state index in [9.17, 15) is 18.0 Å². The van der Waals surface area contributed by atoms with Crippen LogP contribution in [0.5, 0.6) is 0 Å². The molecule has 0 aliphatic carbocycles. The third-order valence-corrected chi connectivity index (χ3v) is 7.06. The van der Waals surface area contributed by atoms with Gasteiger partial charge in [-0.25, -0.2) is 9.78 Å². The molecule has 4 rings (SSSR count). The van der Waals surface area contributed by atoms with E-state index in [0.29, 0.717) is 11.6 Å². The van der Waals surface area contributed by atoms with Gasteiger partial charge in [-0.2, -0.15) is 13.2 Å². The molecular formula is C27H36F3N5O3. The Bertz CT molecular complexity index is 1040. The SMILES string of the molecule is CCC1CCCN1Cc1ccc(-c2cnc(C(=O)N(C)CC3CCNCC3)cn2)cc1.O=C(O)C(F)(F)F. The first-order valence-corrected chi connectivity index (χ1v) is 13.0. The molecule has 2 aliphatic rings. The monoisotopic (exact) mass is 535 g/mol. The first-order chi connectivity index (χ1) is 18.1. The lowest BCUT2D eigenvalue weighted by molar-refractivity contribution is -0.192. The molecule has 2 saturated heterocycles. The second kappa shape index (κ2) is 13.7. The molecule has 208 valence electrons. The molecule has 2 fully saturated rings. The summed E-state index contributed by atoms with van der Waals surface area (Å²) in [6, 6.07) is 9.33. The van der Waals surface area contributed by atoms with E-state index in [1.807, 2.05) is 7.05 Å². The van der Waals surface area contributed by atoms with Gasteiger partial charge in [0.15, 0.2) is 0 Å². The number of carboxylic acids is 1. The highest BCUT2D eigenvalue weighted by Gasteiger charge is 2.38. The van der Waals surface area contributed by atoms with Gasteiger partial charge in [0.05, 0.1) is 18.1 Å². The molecule has 1 amide bonds. The summed E-state index contributed by atoms with van der Waals surface area (Å²) in [5, 5.41) is 10.5. The van der Waals surface area contributed by atoms with Crippen LogP contribution in [0.1, 0.15) is 55.1 Å². The fourth-order valence-corrected chi connectivity index (χ4v) is 4.90. The maximum Gasteiger partial charge on any atom is 0.490 e. The van der Waals surface area contributed by atoms with Crippen LogP contribution in [0.15, 0.2) is 36.7 Å². The van der Waals surface area contributed by atoms with E-state index < -0.39 is 12.1 Å². The Morgan fingerprint density at radius 3 is 2.32 bits per heavy atom. The van der Waals surface area contributed by atoms with Gasteiger partial charge in [-0.05, 0) is 63.2 Å². The summed E-state index contributed by atoms with van der Waals surface area (Å²) < 4.78 is 31.7. The minimum atomic E-state index is -5.08. The molecule has 3 heterocycles. The highest BCUT2D eigenvalue weighted by Crippen LogP contribution is 2.24.